The van der Waals surface area contributed by atoms with Gasteiger partial charge in [-0.1, -0.05) is 6.92 Å². The first-order chi connectivity index (χ1) is 10.1. The Bertz CT molecular complexity index is 427. The highest BCUT2D eigenvalue weighted by molar-refractivity contribution is 5.99. The molecule has 0 aromatic carbocycles. The monoisotopic (exact) mass is 313 g/mol. The number of hydrogen-bond donors (Lipinski definition) is 0. The molecule has 0 spiro atoms. The van der Waals surface area contributed by atoms with Gasteiger partial charge in [0.1, 0.15) is 12.0 Å². The van der Waals surface area contributed by atoms with Gasteiger partial charge in [0.15, 0.2) is 5.78 Å². The molecule has 0 N–H and O–H groups in total. The summed E-state index contributed by atoms with van der Waals surface area (Å²) in [4.78, 5) is 37.6. The van der Waals surface area contributed by atoms with Gasteiger partial charge in [0, 0.05) is 6.54 Å². The number of ether oxygens (including phenoxy) is 2. The number of nitrogens with zero attached hydrogens (tertiary/aromatic N) is 1. The maximum atomic E-state index is 12.4. The van der Waals surface area contributed by atoms with Gasteiger partial charge < -0.3 is 9.47 Å². The summed E-state index contributed by atoms with van der Waals surface area (Å²) in [5, 5.41) is 0. The standard InChI is InChI=1S/C16H27NO5/c1-6-21-14(19)10-13(18)12-9-11(2)7-8-17(12)15(20)22-16(3,4)5/h11-12H,6-10H2,1-5H3/t11-,12-/m1/s1. The second kappa shape index (κ2) is 7.61. The highest BCUT2D eigenvalue weighted by Gasteiger charge is 2.37. The number of amides is 1. The van der Waals surface area contributed by atoms with E-state index in [1.54, 1.807) is 27.7 Å². The fourth-order valence-electron chi connectivity index (χ4n) is 2.46. The predicted molar refractivity (Wildman–Crippen MR) is 81.4 cm³/mol. The Kier molecular flexibility index (Phi) is 6.38. The van der Waals surface area contributed by atoms with E-state index in [4.69, 9.17) is 9.47 Å². The lowest BCUT2D eigenvalue weighted by molar-refractivity contribution is -0.147. The van der Waals surface area contributed by atoms with Crippen molar-refractivity contribution in [3.8, 4) is 0 Å². The summed E-state index contributed by atoms with van der Waals surface area (Å²) in [5.74, 6) is -0.499. The minimum absolute atomic E-state index is 0.239. The lowest BCUT2D eigenvalue weighted by Crippen LogP contribution is -2.51. The molecule has 1 rings (SSSR count). The van der Waals surface area contributed by atoms with Crippen LogP contribution in [0, 0.1) is 5.92 Å². The quantitative estimate of drug-likeness (QED) is 0.589. The molecule has 2 atom stereocenters. The average Bonchev–Trinajstić information content (AvgIpc) is 2.36. The van der Waals surface area contributed by atoms with Crippen LogP contribution in [0.25, 0.3) is 0 Å². The van der Waals surface area contributed by atoms with Crippen LogP contribution in [0.1, 0.15) is 53.9 Å². The molecule has 1 aliphatic heterocycles. The number of carbonyl (C=O) groups is 3. The molecule has 126 valence electrons. The Balaban J connectivity index is 2.78. The van der Waals surface area contributed by atoms with Crippen molar-refractivity contribution in [2.75, 3.05) is 13.2 Å². The third-order valence-electron chi connectivity index (χ3n) is 3.49. The summed E-state index contributed by atoms with van der Waals surface area (Å²) < 4.78 is 10.2. The molecule has 1 amide bonds. The van der Waals surface area contributed by atoms with E-state index in [9.17, 15) is 14.4 Å². The number of piperidine rings is 1. The van der Waals surface area contributed by atoms with Gasteiger partial charge in [0.2, 0.25) is 0 Å². The lowest BCUT2D eigenvalue weighted by atomic mass is 9.89. The van der Waals surface area contributed by atoms with Gasteiger partial charge in [-0.05, 0) is 46.5 Å². The van der Waals surface area contributed by atoms with Crippen LogP contribution in [0.2, 0.25) is 0 Å². The SMILES string of the molecule is CCOC(=O)CC(=O)[C@H]1C[C@H](C)CCN1C(=O)OC(C)(C)C. The average molecular weight is 313 g/mol. The molecule has 1 heterocycles. The zero-order valence-electron chi connectivity index (χ0n) is 14.2. The minimum atomic E-state index is -0.616. The van der Waals surface area contributed by atoms with E-state index in [1.165, 1.54) is 4.90 Å². The number of hydrogen-bond acceptors (Lipinski definition) is 5. The smallest absolute Gasteiger partial charge is 0.410 e. The van der Waals surface area contributed by atoms with Crippen LogP contribution < -0.4 is 0 Å². The molecule has 0 aromatic rings. The molecule has 6 nitrogen and oxygen atoms in total. The Morgan fingerprint density at radius 1 is 1.23 bits per heavy atom. The van der Waals surface area contributed by atoms with Gasteiger partial charge in [0.25, 0.3) is 0 Å². The first-order valence-corrected chi connectivity index (χ1v) is 7.82. The molecule has 0 saturated carbocycles. The Morgan fingerprint density at radius 2 is 1.86 bits per heavy atom. The molecule has 1 fully saturated rings. The molecule has 0 radical (unpaired) electrons. The summed E-state index contributed by atoms with van der Waals surface area (Å²) >= 11 is 0. The van der Waals surface area contributed by atoms with Crippen molar-refractivity contribution in [2.45, 2.75) is 65.5 Å². The van der Waals surface area contributed by atoms with E-state index in [-0.39, 0.29) is 18.8 Å². The normalized spacial score (nSPS) is 22.1. The van der Waals surface area contributed by atoms with Crippen LogP contribution in [-0.4, -0.2) is 47.5 Å². The van der Waals surface area contributed by atoms with Crippen molar-refractivity contribution >= 4 is 17.8 Å². The van der Waals surface area contributed by atoms with E-state index in [1.807, 2.05) is 6.92 Å². The van der Waals surface area contributed by atoms with Crippen LogP contribution in [0.3, 0.4) is 0 Å². The van der Waals surface area contributed by atoms with Crippen molar-refractivity contribution in [1.29, 1.82) is 0 Å². The number of ketones is 1. The van der Waals surface area contributed by atoms with E-state index in [0.29, 0.717) is 18.9 Å². The first-order valence-electron chi connectivity index (χ1n) is 7.82. The van der Waals surface area contributed by atoms with Crippen LogP contribution >= 0.6 is 0 Å². The molecule has 1 aliphatic rings. The Hall–Kier alpha value is -1.59. The topological polar surface area (TPSA) is 72.9 Å². The van der Waals surface area contributed by atoms with Crippen molar-refractivity contribution in [3.63, 3.8) is 0 Å². The highest BCUT2D eigenvalue weighted by Crippen LogP contribution is 2.25. The molecule has 1 saturated heterocycles. The van der Waals surface area contributed by atoms with E-state index in [0.717, 1.165) is 6.42 Å². The second-order valence-electron chi connectivity index (χ2n) is 6.77. The summed E-state index contributed by atoms with van der Waals surface area (Å²) in [6.07, 6.45) is 0.575. The van der Waals surface area contributed by atoms with Gasteiger partial charge in [-0.3, -0.25) is 14.5 Å². The maximum absolute atomic E-state index is 12.4. The number of rotatable bonds is 4. The highest BCUT2D eigenvalue weighted by atomic mass is 16.6. The molecule has 0 aliphatic carbocycles. The number of carbonyl (C=O) groups excluding carboxylic acids is 3. The van der Waals surface area contributed by atoms with Crippen LogP contribution in [-0.2, 0) is 19.1 Å². The van der Waals surface area contributed by atoms with Gasteiger partial charge in [-0.2, -0.15) is 0 Å². The van der Waals surface area contributed by atoms with E-state index >= 15 is 0 Å². The molecular formula is C16H27NO5. The first kappa shape index (κ1) is 18.5. The van der Waals surface area contributed by atoms with Gasteiger partial charge >= 0.3 is 12.1 Å². The summed E-state index contributed by atoms with van der Waals surface area (Å²) in [6.45, 7) is 9.79. The fraction of sp³-hybridized carbons (Fsp3) is 0.812. The maximum Gasteiger partial charge on any atom is 0.410 e. The lowest BCUT2D eigenvalue weighted by Gasteiger charge is -2.38. The minimum Gasteiger partial charge on any atom is -0.466 e. The molecule has 0 bridgehead atoms. The largest absolute Gasteiger partial charge is 0.466 e. The predicted octanol–water partition coefficient (Wildman–Crippen LogP) is 2.54. The molecular weight excluding hydrogens is 286 g/mol. The van der Waals surface area contributed by atoms with Crippen LogP contribution in [0.5, 0.6) is 0 Å². The fourth-order valence-corrected chi connectivity index (χ4v) is 2.46. The van der Waals surface area contributed by atoms with Crippen LogP contribution in [0.15, 0.2) is 0 Å². The Morgan fingerprint density at radius 3 is 2.41 bits per heavy atom. The van der Waals surface area contributed by atoms with Crippen molar-refractivity contribution in [3.05, 3.63) is 0 Å². The number of likely N-dealkylation sites (tertiary alicyclic amines) is 1. The van der Waals surface area contributed by atoms with E-state index in [2.05, 4.69) is 0 Å². The summed E-state index contributed by atoms with van der Waals surface area (Å²) in [5.41, 5.74) is -0.616. The second-order valence-corrected chi connectivity index (χ2v) is 6.77. The summed E-state index contributed by atoms with van der Waals surface area (Å²) in [6, 6.07) is -0.608. The number of Topliss-reactive ketones (excluding diaryl/α,β-unsaturated/α-hetero) is 1. The third kappa shape index (κ3) is 5.66. The van der Waals surface area contributed by atoms with Gasteiger partial charge in [-0.15, -0.1) is 0 Å². The Labute approximate surface area is 132 Å². The molecule has 0 unspecified atom stereocenters. The van der Waals surface area contributed by atoms with Gasteiger partial charge in [-0.25, -0.2) is 4.79 Å². The van der Waals surface area contributed by atoms with Crippen LogP contribution in [0.4, 0.5) is 4.79 Å². The van der Waals surface area contributed by atoms with Crippen molar-refractivity contribution in [2.24, 2.45) is 5.92 Å². The van der Waals surface area contributed by atoms with Crippen molar-refractivity contribution < 1.29 is 23.9 Å². The molecule has 6 heteroatoms. The van der Waals surface area contributed by atoms with Gasteiger partial charge in [0.05, 0.1) is 12.6 Å². The third-order valence-corrected chi connectivity index (χ3v) is 3.49. The zero-order valence-corrected chi connectivity index (χ0v) is 14.2. The summed E-state index contributed by atoms with van der Waals surface area (Å²) in [7, 11) is 0. The molecule has 0 aromatic heterocycles. The zero-order chi connectivity index (χ0) is 16.9. The van der Waals surface area contributed by atoms with Crippen molar-refractivity contribution in [1.82, 2.24) is 4.90 Å². The van der Waals surface area contributed by atoms with E-state index < -0.39 is 23.7 Å². The number of esters is 1. The molecule has 22 heavy (non-hydrogen) atoms.